The lowest BCUT2D eigenvalue weighted by atomic mass is 9.58. The summed E-state index contributed by atoms with van der Waals surface area (Å²) in [5.74, 6) is 2.23. The highest BCUT2D eigenvalue weighted by molar-refractivity contribution is 7.98. The van der Waals surface area contributed by atoms with Crippen LogP contribution in [-0.4, -0.2) is 28.5 Å². The quantitative estimate of drug-likeness (QED) is 0.829. The maximum atomic E-state index is 11.7. The highest BCUT2D eigenvalue weighted by Gasteiger charge is 2.58. The number of carbonyl (C=O) groups is 1. The summed E-state index contributed by atoms with van der Waals surface area (Å²) in [4.78, 5) is 11.7. The fraction of sp³-hybridized carbons (Fsp3) is 0.650. The van der Waals surface area contributed by atoms with Crippen LogP contribution in [0.2, 0.25) is 0 Å². The van der Waals surface area contributed by atoms with Crippen molar-refractivity contribution in [3.05, 3.63) is 34.9 Å². The van der Waals surface area contributed by atoms with Gasteiger partial charge >= 0.3 is 0 Å². The minimum absolute atomic E-state index is 0.101. The van der Waals surface area contributed by atoms with Crippen molar-refractivity contribution in [2.45, 2.75) is 51.0 Å². The number of carbonyl (C=O) groups excluding carboxylic acids is 1. The van der Waals surface area contributed by atoms with E-state index in [4.69, 9.17) is 0 Å². The molecule has 1 N–H and O–H groups in total. The highest BCUT2D eigenvalue weighted by atomic mass is 32.2. The minimum Gasteiger partial charge on any atom is -0.388 e. The van der Waals surface area contributed by atoms with Crippen LogP contribution in [0, 0.1) is 17.3 Å². The van der Waals surface area contributed by atoms with E-state index in [0.717, 1.165) is 37.9 Å². The number of hydrogen-bond donors (Lipinski definition) is 1. The number of thioether (sulfide) groups is 1. The van der Waals surface area contributed by atoms with Crippen molar-refractivity contribution in [3.8, 4) is 0 Å². The first kappa shape index (κ1) is 15.7. The van der Waals surface area contributed by atoms with Crippen molar-refractivity contribution in [2.24, 2.45) is 17.3 Å². The zero-order valence-corrected chi connectivity index (χ0v) is 14.9. The molecule has 1 fully saturated rings. The molecular weight excluding hydrogens is 304 g/mol. The molecule has 0 aliphatic heterocycles. The molecule has 0 spiro atoms. The van der Waals surface area contributed by atoms with Gasteiger partial charge in [0.2, 0.25) is 0 Å². The van der Waals surface area contributed by atoms with Gasteiger partial charge in [0.15, 0.2) is 5.78 Å². The maximum Gasteiger partial charge on any atom is 0.156 e. The second kappa shape index (κ2) is 5.35. The molecule has 4 aliphatic carbocycles. The van der Waals surface area contributed by atoms with Gasteiger partial charge in [0.25, 0.3) is 0 Å². The van der Waals surface area contributed by atoms with Crippen LogP contribution in [0.15, 0.2) is 34.9 Å². The molecule has 0 aromatic rings. The lowest BCUT2D eigenvalue weighted by Crippen LogP contribution is -2.49. The zero-order valence-electron chi connectivity index (χ0n) is 14.1. The molecule has 4 aliphatic rings. The molecule has 0 unspecified atom stereocenters. The second-order valence-corrected chi connectivity index (χ2v) is 8.81. The van der Waals surface area contributed by atoms with E-state index in [-0.39, 0.29) is 5.41 Å². The predicted octanol–water partition coefficient (Wildman–Crippen LogP) is 4.06. The predicted molar refractivity (Wildman–Crippen MR) is 95.4 cm³/mol. The van der Waals surface area contributed by atoms with Crippen molar-refractivity contribution >= 4 is 17.5 Å². The molecule has 0 saturated heterocycles. The maximum absolute atomic E-state index is 11.7. The van der Waals surface area contributed by atoms with Crippen molar-refractivity contribution < 1.29 is 9.90 Å². The Bertz CT molecular complexity index is 644. The molecule has 4 atom stereocenters. The Balaban J connectivity index is 1.78. The molecule has 1 saturated carbocycles. The van der Waals surface area contributed by atoms with Gasteiger partial charge in [-0.05, 0) is 73.0 Å². The van der Waals surface area contributed by atoms with Crippen LogP contribution in [0.3, 0.4) is 0 Å². The van der Waals surface area contributed by atoms with Gasteiger partial charge in [-0.3, -0.25) is 4.79 Å². The summed E-state index contributed by atoms with van der Waals surface area (Å²) in [5, 5.41) is 11.3. The SMILES string of the molecule is CSC[C@]1(O)CC[C@H]2[C@@H]3CCC4=CC(=O)CCC4=C3C=C[C@@]21C. The molecule has 0 radical (unpaired) electrons. The molecule has 4 rings (SSSR count). The van der Waals surface area contributed by atoms with Gasteiger partial charge in [-0.2, -0.15) is 11.8 Å². The number of allylic oxidation sites excluding steroid dienone is 5. The Morgan fingerprint density at radius 3 is 2.91 bits per heavy atom. The number of aliphatic hydroxyl groups is 1. The average Bonchev–Trinajstić information content (AvgIpc) is 2.79. The standard InChI is InChI=1S/C20H26O2S/c1-19-9-7-16-15-6-4-14(21)11-13(15)3-5-17(16)18(19)8-10-20(19,22)12-23-2/h7,9,11,17-18,22H,3-6,8,10,12H2,1-2H3/t17-,18+,19+,20-/m1/s1. The van der Waals surface area contributed by atoms with Crippen molar-refractivity contribution in [1.29, 1.82) is 0 Å². The zero-order chi connectivity index (χ0) is 16.2. The van der Waals surface area contributed by atoms with Crippen LogP contribution in [0.4, 0.5) is 0 Å². The van der Waals surface area contributed by atoms with Gasteiger partial charge in [0.05, 0.1) is 5.60 Å². The van der Waals surface area contributed by atoms with E-state index in [1.165, 1.54) is 16.7 Å². The smallest absolute Gasteiger partial charge is 0.156 e. The van der Waals surface area contributed by atoms with Crippen LogP contribution >= 0.6 is 11.8 Å². The number of ketones is 1. The first-order valence-corrected chi connectivity index (χ1v) is 10.3. The Hall–Kier alpha value is -0.800. The fourth-order valence-electron chi connectivity index (χ4n) is 5.58. The first-order chi connectivity index (χ1) is 11.0. The van der Waals surface area contributed by atoms with Crippen LogP contribution in [0.5, 0.6) is 0 Å². The second-order valence-electron chi connectivity index (χ2n) is 7.94. The molecular formula is C20H26O2S. The normalized spacial score (nSPS) is 42.2. The summed E-state index contributed by atoms with van der Waals surface area (Å²) >= 11 is 1.76. The van der Waals surface area contributed by atoms with E-state index in [9.17, 15) is 9.90 Å². The first-order valence-electron chi connectivity index (χ1n) is 8.86. The number of fused-ring (bicyclic) bond motifs is 4. The van der Waals surface area contributed by atoms with E-state index in [1.807, 2.05) is 6.08 Å². The topological polar surface area (TPSA) is 37.3 Å². The van der Waals surface area contributed by atoms with Crippen LogP contribution in [-0.2, 0) is 4.79 Å². The molecule has 2 nitrogen and oxygen atoms in total. The molecule has 3 heteroatoms. The van der Waals surface area contributed by atoms with Gasteiger partial charge in [-0.15, -0.1) is 0 Å². The number of hydrogen-bond acceptors (Lipinski definition) is 3. The molecule has 0 bridgehead atoms. The third-order valence-electron chi connectivity index (χ3n) is 6.94. The summed E-state index contributed by atoms with van der Waals surface area (Å²) < 4.78 is 0. The average molecular weight is 330 g/mol. The van der Waals surface area contributed by atoms with E-state index >= 15 is 0 Å². The Morgan fingerprint density at radius 1 is 1.30 bits per heavy atom. The largest absolute Gasteiger partial charge is 0.388 e. The summed E-state index contributed by atoms with van der Waals surface area (Å²) in [7, 11) is 0. The molecule has 124 valence electrons. The monoisotopic (exact) mass is 330 g/mol. The highest BCUT2D eigenvalue weighted by Crippen LogP contribution is 2.61. The van der Waals surface area contributed by atoms with Crippen LogP contribution < -0.4 is 0 Å². The van der Waals surface area contributed by atoms with E-state index in [2.05, 4.69) is 25.3 Å². The minimum atomic E-state index is -0.567. The van der Waals surface area contributed by atoms with Gasteiger partial charge in [-0.25, -0.2) is 0 Å². The summed E-state index contributed by atoms with van der Waals surface area (Å²) in [6.07, 6.45) is 14.4. The van der Waals surface area contributed by atoms with Gasteiger partial charge < -0.3 is 5.11 Å². The van der Waals surface area contributed by atoms with Crippen molar-refractivity contribution in [2.75, 3.05) is 12.0 Å². The lowest BCUT2D eigenvalue weighted by molar-refractivity contribution is -0.114. The Kier molecular flexibility index (Phi) is 3.66. The summed E-state index contributed by atoms with van der Waals surface area (Å²) in [6, 6.07) is 0. The van der Waals surface area contributed by atoms with Crippen molar-refractivity contribution in [1.82, 2.24) is 0 Å². The third kappa shape index (κ3) is 2.16. The van der Waals surface area contributed by atoms with E-state index in [1.54, 1.807) is 11.8 Å². The molecule has 23 heavy (non-hydrogen) atoms. The molecule has 0 heterocycles. The van der Waals surface area contributed by atoms with Gasteiger partial charge in [-0.1, -0.05) is 19.1 Å². The van der Waals surface area contributed by atoms with Crippen LogP contribution in [0.1, 0.15) is 45.4 Å². The van der Waals surface area contributed by atoms with E-state index in [0.29, 0.717) is 24.0 Å². The molecule has 0 aromatic carbocycles. The van der Waals surface area contributed by atoms with Gasteiger partial charge in [0.1, 0.15) is 0 Å². The van der Waals surface area contributed by atoms with Crippen molar-refractivity contribution in [3.63, 3.8) is 0 Å². The summed E-state index contributed by atoms with van der Waals surface area (Å²) in [5.41, 5.74) is 3.54. The third-order valence-corrected chi connectivity index (χ3v) is 7.70. The van der Waals surface area contributed by atoms with Gasteiger partial charge in [0, 0.05) is 17.6 Å². The number of rotatable bonds is 2. The summed E-state index contributed by atoms with van der Waals surface area (Å²) in [6.45, 7) is 2.27. The van der Waals surface area contributed by atoms with Crippen LogP contribution in [0.25, 0.3) is 0 Å². The van der Waals surface area contributed by atoms with E-state index < -0.39 is 5.60 Å². The Morgan fingerprint density at radius 2 is 2.13 bits per heavy atom. The lowest BCUT2D eigenvalue weighted by Gasteiger charge is -2.48. The Labute approximate surface area is 143 Å². The molecule has 0 amide bonds. The fourth-order valence-corrected chi connectivity index (χ4v) is 6.52. The molecule has 0 aromatic heterocycles.